The monoisotopic (exact) mass is 288 g/mol. The summed E-state index contributed by atoms with van der Waals surface area (Å²) in [7, 11) is 1.84. The fraction of sp³-hybridized carbons (Fsp3) is 0.667. The van der Waals surface area contributed by atoms with Gasteiger partial charge in [-0.3, -0.25) is 0 Å². The van der Waals surface area contributed by atoms with E-state index in [0.717, 1.165) is 0 Å². The van der Waals surface area contributed by atoms with Crippen molar-refractivity contribution < 1.29 is 4.74 Å². The Morgan fingerprint density at radius 1 is 1.10 bits per heavy atom. The Bertz CT molecular complexity index is 468. The molecule has 0 bridgehead atoms. The van der Waals surface area contributed by atoms with Gasteiger partial charge in [0.05, 0.1) is 12.1 Å². The van der Waals surface area contributed by atoms with Crippen LogP contribution in [0.4, 0.5) is 11.4 Å². The van der Waals surface area contributed by atoms with Gasteiger partial charge in [0.25, 0.3) is 0 Å². The third-order valence-corrected chi connectivity index (χ3v) is 5.03. The van der Waals surface area contributed by atoms with Gasteiger partial charge in [-0.25, -0.2) is 0 Å². The molecule has 3 heteroatoms. The predicted molar refractivity (Wildman–Crippen MR) is 89.3 cm³/mol. The number of aryl methyl sites for hydroxylation is 1. The van der Waals surface area contributed by atoms with Crippen molar-refractivity contribution in [3.05, 3.63) is 23.8 Å². The standard InChI is InChI=1S/C18H28N2O/c1-14-13-15(20-11-5-6-12-20)9-10-16(14)19-17-7-3-4-8-18(17)21-2/h9-10,13,17-19H,3-8,11-12H2,1-2H3. The van der Waals surface area contributed by atoms with Crippen LogP contribution in [0, 0.1) is 6.92 Å². The molecule has 2 atom stereocenters. The number of rotatable bonds is 4. The van der Waals surface area contributed by atoms with Crippen LogP contribution in [0.15, 0.2) is 18.2 Å². The molecule has 0 radical (unpaired) electrons. The summed E-state index contributed by atoms with van der Waals surface area (Å²) >= 11 is 0. The van der Waals surface area contributed by atoms with Crippen molar-refractivity contribution in [1.82, 2.24) is 0 Å². The maximum Gasteiger partial charge on any atom is 0.0772 e. The number of benzene rings is 1. The van der Waals surface area contributed by atoms with E-state index in [4.69, 9.17) is 4.74 Å². The molecule has 0 aromatic heterocycles. The van der Waals surface area contributed by atoms with Crippen molar-refractivity contribution in [2.45, 2.75) is 57.6 Å². The summed E-state index contributed by atoms with van der Waals surface area (Å²) in [6.45, 7) is 4.63. The van der Waals surface area contributed by atoms with E-state index in [1.165, 1.54) is 68.6 Å². The van der Waals surface area contributed by atoms with Crippen LogP contribution < -0.4 is 10.2 Å². The minimum absolute atomic E-state index is 0.358. The fourth-order valence-electron chi connectivity index (χ4n) is 3.73. The second kappa shape index (κ2) is 6.69. The molecular weight excluding hydrogens is 260 g/mol. The van der Waals surface area contributed by atoms with Crippen molar-refractivity contribution in [2.24, 2.45) is 0 Å². The van der Waals surface area contributed by atoms with Crippen LogP contribution in [0.3, 0.4) is 0 Å². The lowest BCUT2D eigenvalue weighted by Crippen LogP contribution is -2.37. The zero-order valence-electron chi connectivity index (χ0n) is 13.4. The van der Waals surface area contributed by atoms with Gasteiger partial charge < -0.3 is 15.0 Å². The lowest BCUT2D eigenvalue weighted by atomic mass is 9.92. The van der Waals surface area contributed by atoms with Crippen LogP contribution in [0.25, 0.3) is 0 Å². The minimum Gasteiger partial charge on any atom is -0.379 e. The Labute approximate surface area is 128 Å². The van der Waals surface area contributed by atoms with E-state index in [9.17, 15) is 0 Å². The molecule has 2 aliphatic rings. The van der Waals surface area contributed by atoms with Gasteiger partial charge in [-0.1, -0.05) is 12.8 Å². The van der Waals surface area contributed by atoms with Crippen LogP contribution in [-0.2, 0) is 4.74 Å². The lowest BCUT2D eigenvalue weighted by Gasteiger charge is -2.32. The molecule has 2 unspecified atom stereocenters. The Morgan fingerprint density at radius 3 is 2.57 bits per heavy atom. The van der Waals surface area contributed by atoms with Crippen molar-refractivity contribution in [3.63, 3.8) is 0 Å². The number of methoxy groups -OCH3 is 1. The molecule has 3 nitrogen and oxygen atoms in total. The third kappa shape index (κ3) is 3.34. The molecule has 1 aromatic rings. The number of ether oxygens (including phenoxy) is 1. The van der Waals surface area contributed by atoms with E-state index in [1.54, 1.807) is 0 Å². The predicted octanol–water partition coefficient (Wildman–Crippen LogP) is 3.96. The van der Waals surface area contributed by atoms with E-state index in [-0.39, 0.29) is 0 Å². The molecule has 1 saturated heterocycles. The van der Waals surface area contributed by atoms with Gasteiger partial charge >= 0.3 is 0 Å². The number of hydrogen-bond donors (Lipinski definition) is 1. The molecule has 2 fully saturated rings. The Hall–Kier alpha value is -1.22. The quantitative estimate of drug-likeness (QED) is 0.907. The number of anilines is 2. The third-order valence-electron chi connectivity index (χ3n) is 5.03. The van der Waals surface area contributed by atoms with E-state index in [0.29, 0.717) is 12.1 Å². The number of nitrogens with zero attached hydrogens (tertiary/aromatic N) is 1. The van der Waals surface area contributed by atoms with Crippen molar-refractivity contribution in [1.29, 1.82) is 0 Å². The molecule has 1 aliphatic heterocycles. The molecule has 1 aromatic carbocycles. The van der Waals surface area contributed by atoms with Gasteiger partial charge in [-0.2, -0.15) is 0 Å². The lowest BCUT2D eigenvalue weighted by molar-refractivity contribution is 0.0606. The molecule has 116 valence electrons. The van der Waals surface area contributed by atoms with E-state index >= 15 is 0 Å². The molecule has 1 saturated carbocycles. The molecule has 1 N–H and O–H groups in total. The second-order valence-electron chi connectivity index (χ2n) is 6.50. The summed E-state index contributed by atoms with van der Waals surface area (Å²) in [6.07, 6.45) is 8.01. The van der Waals surface area contributed by atoms with Gasteiger partial charge in [-0.15, -0.1) is 0 Å². The van der Waals surface area contributed by atoms with Gasteiger partial charge in [0.1, 0.15) is 0 Å². The Kier molecular flexibility index (Phi) is 4.69. The molecule has 3 rings (SSSR count). The van der Waals surface area contributed by atoms with E-state index < -0.39 is 0 Å². The normalized spacial score (nSPS) is 26.1. The van der Waals surface area contributed by atoms with Gasteiger partial charge in [0.15, 0.2) is 0 Å². The highest BCUT2D eigenvalue weighted by Crippen LogP contribution is 2.29. The fourth-order valence-corrected chi connectivity index (χ4v) is 3.73. The zero-order valence-corrected chi connectivity index (χ0v) is 13.4. The highest BCUT2D eigenvalue weighted by atomic mass is 16.5. The average Bonchev–Trinajstić information content (AvgIpc) is 3.04. The highest BCUT2D eigenvalue weighted by molar-refractivity contribution is 5.61. The molecule has 0 amide bonds. The van der Waals surface area contributed by atoms with Crippen LogP contribution in [0.2, 0.25) is 0 Å². The largest absolute Gasteiger partial charge is 0.379 e. The van der Waals surface area contributed by atoms with Crippen LogP contribution in [0.1, 0.15) is 44.1 Å². The smallest absolute Gasteiger partial charge is 0.0772 e. The molecule has 1 heterocycles. The topological polar surface area (TPSA) is 24.5 Å². The minimum atomic E-state index is 0.358. The van der Waals surface area contributed by atoms with Crippen LogP contribution in [-0.4, -0.2) is 32.3 Å². The first-order chi connectivity index (χ1) is 10.3. The van der Waals surface area contributed by atoms with Crippen LogP contribution in [0.5, 0.6) is 0 Å². The Morgan fingerprint density at radius 2 is 1.86 bits per heavy atom. The van der Waals surface area contributed by atoms with Crippen LogP contribution >= 0.6 is 0 Å². The molecular formula is C18H28N2O. The van der Waals surface area contributed by atoms with Crippen molar-refractivity contribution >= 4 is 11.4 Å². The average molecular weight is 288 g/mol. The summed E-state index contributed by atoms with van der Waals surface area (Å²) in [6, 6.07) is 7.31. The van der Waals surface area contributed by atoms with E-state index in [2.05, 4.69) is 35.3 Å². The van der Waals surface area contributed by atoms with Gasteiger partial charge in [-0.05, 0) is 56.4 Å². The van der Waals surface area contributed by atoms with Crippen molar-refractivity contribution in [2.75, 3.05) is 30.4 Å². The first-order valence-corrected chi connectivity index (χ1v) is 8.43. The summed E-state index contributed by atoms with van der Waals surface area (Å²) in [5.41, 5.74) is 3.99. The summed E-state index contributed by atoms with van der Waals surface area (Å²) in [5, 5.41) is 3.72. The first kappa shape index (κ1) is 14.7. The van der Waals surface area contributed by atoms with Crippen molar-refractivity contribution in [3.8, 4) is 0 Å². The summed E-state index contributed by atoms with van der Waals surface area (Å²) in [4.78, 5) is 2.50. The van der Waals surface area contributed by atoms with E-state index in [1.807, 2.05) is 7.11 Å². The first-order valence-electron chi connectivity index (χ1n) is 8.43. The molecule has 0 spiro atoms. The Balaban J connectivity index is 1.70. The molecule has 21 heavy (non-hydrogen) atoms. The second-order valence-corrected chi connectivity index (χ2v) is 6.50. The number of hydrogen-bond acceptors (Lipinski definition) is 3. The summed E-state index contributed by atoms with van der Waals surface area (Å²) in [5.74, 6) is 0. The maximum absolute atomic E-state index is 5.65. The zero-order chi connectivity index (χ0) is 14.7. The van der Waals surface area contributed by atoms with Gasteiger partial charge in [0, 0.05) is 31.6 Å². The highest BCUT2D eigenvalue weighted by Gasteiger charge is 2.25. The number of nitrogens with one attached hydrogen (secondary N) is 1. The van der Waals surface area contributed by atoms with Gasteiger partial charge in [0.2, 0.25) is 0 Å². The maximum atomic E-state index is 5.65. The summed E-state index contributed by atoms with van der Waals surface area (Å²) < 4.78 is 5.65. The molecule has 1 aliphatic carbocycles. The SMILES string of the molecule is COC1CCCCC1Nc1ccc(N2CCCC2)cc1C.